The summed E-state index contributed by atoms with van der Waals surface area (Å²) in [6.45, 7) is 4.65. The molecule has 110 valence electrons. The van der Waals surface area contributed by atoms with E-state index in [4.69, 9.17) is 0 Å². The number of carbonyl (C=O) groups is 1. The van der Waals surface area contributed by atoms with E-state index in [2.05, 4.69) is 28.2 Å². The lowest BCUT2D eigenvalue weighted by atomic mass is 10.0. The number of hydrogen-bond acceptors (Lipinski definition) is 2. The summed E-state index contributed by atoms with van der Waals surface area (Å²) in [6, 6.07) is 4.46. The second-order valence-electron chi connectivity index (χ2n) is 5.12. The summed E-state index contributed by atoms with van der Waals surface area (Å²) in [6.07, 6.45) is 3.03. The van der Waals surface area contributed by atoms with Gasteiger partial charge < -0.3 is 10.2 Å². The summed E-state index contributed by atoms with van der Waals surface area (Å²) < 4.78 is 13.7. The maximum Gasteiger partial charge on any atom is 0.255 e. The molecule has 1 unspecified atom stereocenters. The highest BCUT2D eigenvalue weighted by molar-refractivity contribution is 9.10. The van der Waals surface area contributed by atoms with Crippen molar-refractivity contribution in [3.05, 3.63) is 34.1 Å². The normalized spacial score (nSPS) is 18.9. The van der Waals surface area contributed by atoms with E-state index >= 15 is 0 Å². The Hall–Kier alpha value is -0.940. The van der Waals surface area contributed by atoms with Gasteiger partial charge in [-0.3, -0.25) is 4.79 Å². The molecule has 1 aromatic rings. The molecule has 20 heavy (non-hydrogen) atoms. The molecule has 3 nitrogen and oxygen atoms in total. The number of benzene rings is 1. The standard InChI is InChI=1S/C15H20BrFN2O/c1-2-8-19(12-4-3-7-18-10-12)15(20)13-6-5-11(17)9-14(13)16/h5-6,9,12,18H,2-4,7-8,10H2,1H3. The van der Waals surface area contributed by atoms with Crippen molar-refractivity contribution >= 4 is 21.8 Å². The number of piperidine rings is 1. The molecule has 2 rings (SSSR count). The first-order chi connectivity index (χ1) is 9.63. The summed E-state index contributed by atoms with van der Waals surface area (Å²) in [5.41, 5.74) is 0.533. The zero-order valence-electron chi connectivity index (χ0n) is 11.7. The third kappa shape index (κ3) is 3.58. The predicted octanol–water partition coefficient (Wildman–Crippen LogP) is 3.19. The van der Waals surface area contributed by atoms with E-state index in [0.717, 1.165) is 38.9 Å². The number of amides is 1. The van der Waals surface area contributed by atoms with Crippen LogP contribution in [0.1, 0.15) is 36.5 Å². The van der Waals surface area contributed by atoms with Gasteiger partial charge in [0.05, 0.1) is 5.56 Å². The fourth-order valence-electron chi connectivity index (χ4n) is 2.61. The van der Waals surface area contributed by atoms with Gasteiger partial charge in [0, 0.05) is 23.6 Å². The van der Waals surface area contributed by atoms with Gasteiger partial charge >= 0.3 is 0 Å². The van der Waals surface area contributed by atoms with Crippen molar-refractivity contribution in [2.75, 3.05) is 19.6 Å². The average molecular weight is 343 g/mol. The van der Waals surface area contributed by atoms with Gasteiger partial charge in [-0.2, -0.15) is 0 Å². The maximum absolute atomic E-state index is 13.1. The minimum Gasteiger partial charge on any atom is -0.334 e. The molecular weight excluding hydrogens is 323 g/mol. The van der Waals surface area contributed by atoms with Gasteiger partial charge in [-0.05, 0) is 59.9 Å². The molecule has 1 aromatic carbocycles. The van der Waals surface area contributed by atoms with Crippen molar-refractivity contribution in [2.45, 2.75) is 32.2 Å². The fourth-order valence-corrected chi connectivity index (χ4v) is 3.13. The molecule has 0 radical (unpaired) electrons. The molecule has 0 aliphatic carbocycles. The van der Waals surface area contributed by atoms with E-state index in [0.29, 0.717) is 10.0 Å². The lowest BCUT2D eigenvalue weighted by molar-refractivity contribution is 0.0648. The van der Waals surface area contributed by atoms with E-state index in [1.165, 1.54) is 12.1 Å². The molecule has 0 aromatic heterocycles. The molecule has 1 heterocycles. The lowest BCUT2D eigenvalue weighted by Crippen LogP contribution is -2.49. The largest absolute Gasteiger partial charge is 0.334 e. The summed E-state index contributed by atoms with van der Waals surface area (Å²) in [5.74, 6) is -0.359. The fraction of sp³-hybridized carbons (Fsp3) is 0.533. The topological polar surface area (TPSA) is 32.3 Å². The van der Waals surface area contributed by atoms with Gasteiger partial charge in [0.1, 0.15) is 5.82 Å². The van der Waals surface area contributed by atoms with Crippen LogP contribution < -0.4 is 5.32 Å². The molecule has 0 saturated carbocycles. The molecule has 5 heteroatoms. The van der Waals surface area contributed by atoms with Gasteiger partial charge in [0.2, 0.25) is 0 Å². The Morgan fingerprint density at radius 3 is 2.95 bits per heavy atom. The highest BCUT2D eigenvalue weighted by atomic mass is 79.9. The quantitative estimate of drug-likeness (QED) is 0.911. The SMILES string of the molecule is CCCN(C(=O)c1ccc(F)cc1Br)C1CCCNC1. The first-order valence-corrected chi connectivity index (χ1v) is 7.89. The lowest BCUT2D eigenvalue weighted by Gasteiger charge is -2.35. The van der Waals surface area contributed by atoms with Gasteiger partial charge in [-0.25, -0.2) is 4.39 Å². The second kappa shape index (κ2) is 7.18. The van der Waals surface area contributed by atoms with Crippen LogP contribution in [-0.4, -0.2) is 36.5 Å². The Labute approximate surface area is 127 Å². The molecule has 1 atom stereocenters. The predicted molar refractivity (Wildman–Crippen MR) is 81.3 cm³/mol. The van der Waals surface area contributed by atoms with Gasteiger partial charge in [-0.1, -0.05) is 6.92 Å². The van der Waals surface area contributed by atoms with Crippen LogP contribution in [-0.2, 0) is 0 Å². The van der Waals surface area contributed by atoms with Crippen LogP contribution in [0.15, 0.2) is 22.7 Å². The molecule has 0 spiro atoms. The maximum atomic E-state index is 13.1. The summed E-state index contributed by atoms with van der Waals surface area (Å²) in [5, 5.41) is 3.34. The van der Waals surface area contributed by atoms with Crippen molar-refractivity contribution < 1.29 is 9.18 Å². The van der Waals surface area contributed by atoms with Gasteiger partial charge in [0.25, 0.3) is 5.91 Å². The van der Waals surface area contributed by atoms with Crippen molar-refractivity contribution in [3.8, 4) is 0 Å². The van der Waals surface area contributed by atoms with Crippen molar-refractivity contribution in [2.24, 2.45) is 0 Å². The van der Waals surface area contributed by atoms with Crippen molar-refractivity contribution in [3.63, 3.8) is 0 Å². The summed E-state index contributed by atoms with van der Waals surface area (Å²) in [7, 11) is 0. The molecular formula is C15H20BrFN2O. The van der Waals surface area contributed by atoms with Gasteiger partial charge in [-0.15, -0.1) is 0 Å². The number of carbonyl (C=O) groups excluding carboxylic acids is 1. The number of hydrogen-bond donors (Lipinski definition) is 1. The van der Waals surface area contributed by atoms with E-state index in [-0.39, 0.29) is 17.8 Å². The van der Waals surface area contributed by atoms with Crippen LogP contribution in [0.2, 0.25) is 0 Å². The van der Waals surface area contributed by atoms with Crippen molar-refractivity contribution in [1.82, 2.24) is 10.2 Å². The summed E-state index contributed by atoms with van der Waals surface area (Å²) in [4.78, 5) is 14.6. The molecule has 0 bridgehead atoms. The smallest absolute Gasteiger partial charge is 0.255 e. The molecule has 1 saturated heterocycles. The third-order valence-electron chi connectivity index (χ3n) is 3.60. The van der Waals surface area contributed by atoms with Crippen LogP contribution in [0.3, 0.4) is 0 Å². The number of nitrogens with zero attached hydrogens (tertiary/aromatic N) is 1. The summed E-state index contributed by atoms with van der Waals surface area (Å²) >= 11 is 3.29. The van der Waals surface area contributed by atoms with Crippen LogP contribution in [0.4, 0.5) is 4.39 Å². The molecule has 1 N–H and O–H groups in total. The van der Waals surface area contributed by atoms with Crippen molar-refractivity contribution in [1.29, 1.82) is 0 Å². The average Bonchev–Trinajstić information content (AvgIpc) is 2.45. The Morgan fingerprint density at radius 1 is 1.55 bits per heavy atom. The minimum atomic E-state index is -0.338. The first kappa shape index (κ1) is 15.4. The monoisotopic (exact) mass is 342 g/mol. The first-order valence-electron chi connectivity index (χ1n) is 7.10. The van der Waals surface area contributed by atoms with Crippen LogP contribution in [0, 0.1) is 5.82 Å². The number of nitrogens with one attached hydrogen (secondary N) is 1. The van der Waals surface area contributed by atoms with E-state index < -0.39 is 0 Å². The Balaban J connectivity index is 2.21. The third-order valence-corrected chi connectivity index (χ3v) is 4.25. The highest BCUT2D eigenvalue weighted by Gasteiger charge is 2.26. The van der Waals surface area contributed by atoms with E-state index in [1.807, 2.05) is 4.90 Å². The number of halogens is 2. The zero-order chi connectivity index (χ0) is 14.5. The Morgan fingerprint density at radius 2 is 2.35 bits per heavy atom. The van der Waals surface area contributed by atoms with E-state index in [1.54, 1.807) is 6.07 Å². The van der Waals surface area contributed by atoms with Crippen LogP contribution >= 0.6 is 15.9 Å². The van der Waals surface area contributed by atoms with Gasteiger partial charge in [0.15, 0.2) is 0 Å². The molecule has 1 fully saturated rings. The Kier molecular flexibility index (Phi) is 5.54. The minimum absolute atomic E-state index is 0.0209. The molecule has 1 aliphatic rings. The molecule has 1 aliphatic heterocycles. The second-order valence-corrected chi connectivity index (χ2v) is 5.98. The van der Waals surface area contributed by atoms with Crippen LogP contribution in [0.5, 0.6) is 0 Å². The highest BCUT2D eigenvalue weighted by Crippen LogP contribution is 2.22. The zero-order valence-corrected chi connectivity index (χ0v) is 13.2. The number of rotatable bonds is 4. The van der Waals surface area contributed by atoms with E-state index in [9.17, 15) is 9.18 Å². The Bertz CT molecular complexity index is 475. The molecule has 1 amide bonds. The van der Waals surface area contributed by atoms with Crippen LogP contribution in [0.25, 0.3) is 0 Å².